The third kappa shape index (κ3) is 5.65. The van der Waals surface area contributed by atoms with E-state index in [4.69, 9.17) is 11.6 Å². The van der Waals surface area contributed by atoms with E-state index in [0.29, 0.717) is 6.42 Å². The molecule has 8 heteroatoms. The van der Waals surface area contributed by atoms with E-state index in [-0.39, 0.29) is 23.1 Å². The number of alkyl halides is 2. The van der Waals surface area contributed by atoms with Crippen molar-refractivity contribution in [2.24, 2.45) is 0 Å². The number of urea groups is 1. The number of nitrogens with one attached hydrogen (secondary N) is 2. The summed E-state index contributed by atoms with van der Waals surface area (Å²) in [5, 5.41) is 14.5. The van der Waals surface area contributed by atoms with Crippen molar-refractivity contribution in [3.05, 3.63) is 23.2 Å². The lowest BCUT2D eigenvalue weighted by atomic mass is 9.98. The summed E-state index contributed by atoms with van der Waals surface area (Å²) in [6.07, 6.45) is 1.38. The predicted octanol–water partition coefficient (Wildman–Crippen LogP) is 3.61. The van der Waals surface area contributed by atoms with Gasteiger partial charge in [0.1, 0.15) is 5.75 Å². The summed E-state index contributed by atoms with van der Waals surface area (Å²) in [4.78, 5) is 11.9. The third-order valence-electron chi connectivity index (χ3n) is 2.97. The van der Waals surface area contributed by atoms with E-state index >= 15 is 0 Å². The number of aliphatic hydroxyl groups excluding tert-OH is 1. The van der Waals surface area contributed by atoms with E-state index in [1.54, 1.807) is 6.92 Å². The predicted molar refractivity (Wildman–Crippen MR) is 80.6 cm³/mol. The average Bonchev–Trinajstić information content (AvgIpc) is 2.42. The SMILES string of the molecule is CCCC(C)(CO)NC(=O)Nc1ccc(Cl)c(OC(F)F)c1. The number of hydrogen-bond acceptors (Lipinski definition) is 3. The molecule has 0 radical (unpaired) electrons. The first-order valence-electron chi connectivity index (χ1n) is 6.74. The smallest absolute Gasteiger partial charge is 0.387 e. The van der Waals surface area contributed by atoms with E-state index < -0.39 is 18.2 Å². The molecule has 0 fully saturated rings. The maximum atomic E-state index is 12.2. The quantitative estimate of drug-likeness (QED) is 0.712. The molecule has 3 N–H and O–H groups in total. The van der Waals surface area contributed by atoms with Gasteiger partial charge >= 0.3 is 12.6 Å². The highest BCUT2D eigenvalue weighted by Gasteiger charge is 2.24. The van der Waals surface area contributed by atoms with Crippen LogP contribution in [0.2, 0.25) is 5.02 Å². The molecular weight excluding hydrogens is 318 g/mol. The van der Waals surface area contributed by atoms with Gasteiger partial charge in [0, 0.05) is 11.8 Å². The van der Waals surface area contributed by atoms with Gasteiger partial charge in [-0.25, -0.2) is 4.79 Å². The Bertz CT molecular complexity index is 517. The van der Waals surface area contributed by atoms with Crippen LogP contribution in [0, 0.1) is 0 Å². The number of benzene rings is 1. The fraction of sp³-hybridized carbons (Fsp3) is 0.500. The molecule has 1 aromatic rings. The van der Waals surface area contributed by atoms with Crippen LogP contribution in [0.3, 0.4) is 0 Å². The van der Waals surface area contributed by atoms with Crippen molar-refractivity contribution in [2.45, 2.75) is 38.8 Å². The van der Waals surface area contributed by atoms with Crippen molar-refractivity contribution < 1.29 is 23.4 Å². The van der Waals surface area contributed by atoms with Gasteiger partial charge in [-0.2, -0.15) is 8.78 Å². The van der Waals surface area contributed by atoms with Crippen LogP contribution in [0.25, 0.3) is 0 Å². The van der Waals surface area contributed by atoms with Gasteiger partial charge in [-0.1, -0.05) is 24.9 Å². The topological polar surface area (TPSA) is 70.6 Å². The zero-order valence-electron chi connectivity index (χ0n) is 12.3. The number of hydrogen-bond donors (Lipinski definition) is 3. The lowest BCUT2D eigenvalue weighted by molar-refractivity contribution is -0.0497. The summed E-state index contributed by atoms with van der Waals surface area (Å²) >= 11 is 5.73. The minimum atomic E-state index is -3.01. The van der Waals surface area contributed by atoms with E-state index in [1.165, 1.54) is 18.2 Å². The summed E-state index contributed by atoms with van der Waals surface area (Å²) in [5.74, 6) is -0.229. The molecule has 0 aromatic heterocycles. The normalized spacial score (nSPS) is 13.6. The summed E-state index contributed by atoms with van der Waals surface area (Å²) in [5.41, 5.74) is -0.512. The molecule has 1 atom stereocenters. The third-order valence-corrected chi connectivity index (χ3v) is 3.28. The minimum absolute atomic E-state index is 0.0115. The molecule has 0 aliphatic heterocycles. The number of carbonyl (C=O) groups is 1. The Morgan fingerprint density at radius 2 is 2.18 bits per heavy atom. The molecule has 0 saturated heterocycles. The highest BCUT2D eigenvalue weighted by Crippen LogP contribution is 2.29. The first-order valence-corrected chi connectivity index (χ1v) is 7.12. The van der Waals surface area contributed by atoms with Gasteiger partial charge in [-0.05, 0) is 25.5 Å². The molecule has 1 rings (SSSR count). The zero-order chi connectivity index (χ0) is 16.8. The van der Waals surface area contributed by atoms with Crippen LogP contribution in [0.15, 0.2) is 18.2 Å². The van der Waals surface area contributed by atoms with E-state index in [9.17, 15) is 18.7 Å². The van der Waals surface area contributed by atoms with Crippen LogP contribution in [0.4, 0.5) is 19.3 Å². The van der Waals surface area contributed by atoms with Gasteiger partial charge in [0.25, 0.3) is 0 Å². The first-order chi connectivity index (χ1) is 10.3. The Morgan fingerprint density at radius 1 is 1.50 bits per heavy atom. The fourth-order valence-electron chi connectivity index (χ4n) is 1.94. The van der Waals surface area contributed by atoms with Crippen molar-refractivity contribution >= 4 is 23.3 Å². The van der Waals surface area contributed by atoms with Crippen LogP contribution in [0.5, 0.6) is 5.75 Å². The van der Waals surface area contributed by atoms with Gasteiger partial charge in [0.2, 0.25) is 0 Å². The molecule has 0 saturated carbocycles. The number of halogens is 3. The second kappa shape index (κ2) is 8.14. The van der Waals surface area contributed by atoms with Gasteiger partial charge in [0.05, 0.1) is 17.2 Å². The average molecular weight is 337 g/mol. The summed E-state index contributed by atoms with van der Waals surface area (Å²) in [6.45, 7) is 0.419. The molecule has 22 heavy (non-hydrogen) atoms. The highest BCUT2D eigenvalue weighted by molar-refractivity contribution is 6.32. The van der Waals surface area contributed by atoms with Crippen LogP contribution in [0.1, 0.15) is 26.7 Å². The van der Waals surface area contributed by atoms with Crippen LogP contribution >= 0.6 is 11.6 Å². The first kappa shape index (κ1) is 18.4. The van der Waals surface area contributed by atoms with Crippen molar-refractivity contribution in [1.29, 1.82) is 0 Å². The summed E-state index contributed by atoms with van der Waals surface area (Å²) in [7, 11) is 0. The minimum Gasteiger partial charge on any atom is -0.433 e. The molecular formula is C14H19ClF2N2O3. The van der Waals surface area contributed by atoms with Crippen LogP contribution in [-0.2, 0) is 0 Å². The van der Waals surface area contributed by atoms with Gasteiger partial charge in [-0.15, -0.1) is 0 Å². The second-order valence-electron chi connectivity index (χ2n) is 5.07. The lowest BCUT2D eigenvalue weighted by Gasteiger charge is -2.28. The van der Waals surface area contributed by atoms with Gasteiger partial charge < -0.3 is 20.5 Å². The molecule has 5 nitrogen and oxygen atoms in total. The number of rotatable bonds is 7. The molecule has 0 aliphatic rings. The Hall–Kier alpha value is -1.60. The highest BCUT2D eigenvalue weighted by atomic mass is 35.5. The Labute approximate surface area is 132 Å². The standard InChI is InChI=1S/C14H19ClF2N2O3/c1-3-6-14(2,8-20)19-13(21)18-9-4-5-10(15)11(7-9)22-12(16)17/h4-5,7,12,20H,3,6,8H2,1-2H3,(H2,18,19,21). The van der Waals surface area contributed by atoms with Crippen molar-refractivity contribution in [1.82, 2.24) is 5.32 Å². The Morgan fingerprint density at radius 3 is 2.73 bits per heavy atom. The summed E-state index contributed by atoms with van der Waals surface area (Å²) < 4.78 is 28.7. The van der Waals surface area contributed by atoms with Crippen molar-refractivity contribution in [3.63, 3.8) is 0 Å². The molecule has 0 aliphatic carbocycles. The molecule has 0 spiro atoms. The Kier molecular flexibility index (Phi) is 6.83. The Balaban J connectivity index is 2.76. The van der Waals surface area contributed by atoms with Crippen molar-refractivity contribution in [3.8, 4) is 5.75 Å². The second-order valence-corrected chi connectivity index (χ2v) is 5.48. The molecule has 0 heterocycles. The maximum absolute atomic E-state index is 12.2. The van der Waals surface area contributed by atoms with Crippen LogP contribution in [-0.4, -0.2) is 29.9 Å². The lowest BCUT2D eigenvalue weighted by Crippen LogP contribution is -2.50. The summed E-state index contributed by atoms with van der Waals surface area (Å²) in [6, 6.07) is 3.43. The maximum Gasteiger partial charge on any atom is 0.387 e. The van der Waals surface area contributed by atoms with Gasteiger partial charge in [0.15, 0.2) is 0 Å². The molecule has 124 valence electrons. The molecule has 1 unspecified atom stereocenters. The molecule has 2 amide bonds. The van der Waals surface area contributed by atoms with Crippen LogP contribution < -0.4 is 15.4 Å². The number of aliphatic hydroxyl groups is 1. The zero-order valence-corrected chi connectivity index (χ0v) is 13.1. The largest absolute Gasteiger partial charge is 0.433 e. The van der Waals surface area contributed by atoms with E-state index in [0.717, 1.165) is 6.42 Å². The van der Waals surface area contributed by atoms with Crippen molar-refractivity contribution in [2.75, 3.05) is 11.9 Å². The monoisotopic (exact) mass is 336 g/mol. The molecule has 0 bridgehead atoms. The number of amides is 2. The number of anilines is 1. The number of carbonyl (C=O) groups excluding carboxylic acids is 1. The van der Waals surface area contributed by atoms with E-state index in [1.807, 2.05) is 6.92 Å². The number of ether oxygens (including phenoxy) is 1. The van der Waals surface area contributed by atoms with Gasteiger partial charge in [-0.3, -0.25) is 0 Å². The molecule has 1 aromatic carbocycles. The van der Waals surface area contributed by atoms with E-state index in [2.05, 4.69) is 15.4 Å². The fourth-order valence-corrected chi connectivity index (χ4v) is 2.10.